The molecule has 33 heavy (non-hydrogen) atoms. The Morgan fingerprint density at radius 3 is 2.45 bits per heavy atom. The number of thiophene rings is 1. The predicted octanol–water partition coefficient (Wildman–Crippen LogP) is 3.33. The second-order valence-electron chi connectivity index (χ2n) is 6.45. The Balaban J connectivity index is 1.72. The summed E-state index contributed by atoms with van der Waals surface area (Å²) in [6.45, 7) is 0. The van der Waals surface area contributed by atoms with E-state index >= 15 is 0 Å². The molecule has 0 amide bonds. The highest BCUT2D eigenvalue weighted by molar-refractivity contribution is 7.94. The molecule has 0 spiro atoms. The number of anilines is 1. The number of rotatable bonds is 7. The fraction of sp³-hybridized carbons (Fsp3) is 0. The quantitative estimate of drug-likeness (QED) is 0.171. The molecule has 0 aliphatic heterocycles. The number of benzene rings is 2. The Morgan fingerprint density at radius 2 is 1.76 bits per heavy atom. The topological polar surface area (TPSA) is 163 Å². The average Bonchev–Trinajstić information content (AvgIpc) is 3.31. The van der Waals surface area contributed by atoms with Gasteiger partial charge in [-0.05, 0) is 29.6 Å². The van der Waals surface area contributed by atoms with E-state index < -0.39 is 41.3 Å². The van der Waals surface area contributed by atoms with Crippen molar-refractivity contribution in [3.05, 3.63) is 86.6 Å². The number of sulfonamides is 1. The van der Waals surface area contributed by atoms with Crippen LogP contribution in [0.15, 0.2) is 84.4 Å². The van der Waals surface area contributed by atoms with E-state index in [1.54, 1.807) is 5.38 Å². The molecule has 11 nitrogen and oxygen atoms in total. The van der Waals surface area contributed by atoms with E-state index in [0.29, 0.717) is 0 Å². The molecule has 0 saturated carbocycles. The van der Waals surface area contributed by atoms with Crippen LogP contribution in [0.5, 0.6) is 5.75 Å². The lowest BCUT2D eigenvalue weighted by Crippen LogP contribution is -2.17. The number of para-hydroxylation sites is 1. The van der Waals surface area contributed by atoms with Crippen LogP contribution in [0, 0.1) is 10.1 Å². The van der Waals surface area contributed by atoms with Gasteiger partial charge in [-0.3, -0.25) is 14.8 Å². The molecule has 0 aliphatic carbocycles. The van der Waals surface area contributed by atoms with Crippen molar-refractivity contribution >= 4 is 53.8 Å². The zero-order valence-corrected chi connectivity index (χ0v) is 18.6. The molecule has 170 valence electrons. The van der Waals surface area contributed by atoms with Crippen molar-refractivity contribution in [2.24, 2.45) is 0 Å². The maximum atomic E-state index is 12.6. The fourth-order valence-electron chi connectivity index (χ4n) is 2.78. The van der Waals surface area contributed by atoms with Crippen molar-refractivity contribution in [1.29, 1.82) is 0 Å². The molecule has 4 aromatic rings. The van der Waals surface area contributed by atoms with Gasteiger partial charge in [-0.2, -0.15) is 8.42 Å². The molecule has 14 heteroatoms. The first-order valence-corrected chi connectivity index (χ1v) is 12.7. The van der Waals surface area contributed by atoms with E-state index in [1.165, 1.54) is 42.5 Å². The van der Waals surface area contributed by atoms with Crippen LogP contribution >= 0.6 is 11.3 Å². The summed E-state index contributed by atoms with van der Waals surface area (Å²) >= 11 is 0.956. The lowest BCUT2D eigenvalue weighted by Gasteiger charge is -2.10. The van der Waals surface area contributed by atoms with Crippen molar-refractivity contribution in [2.45, 2.75) is 9.10 Å². The monoisotopic (exact) mass is 508 g/mol. The summed E-state index contributed by atoms with van der Waals surface area (Å²) in [4.78, 5) is 22.1. The third-order valence-corrected chi connectivity index (χ3v) is 8.24. The standard InChI is InChI=1S/C19H12N2O9S3/c22-19-15(20-32(25,26)17-8-3-9-31-17)10-12-4-1-7-16(18(12)29-19)30-33(27,28)14-6-2-5-13(11-14)21(23)24/h1-11,20H. The van der Waals surface area contributed by atoms with Crippen LogP contribution in [0.4, 0.5) is 11.4 Å². The SMILES string of the molecule is O=c1oc2c(OS(=O)(=O)c3cccc([N+](=O)[O-])c3)cccc2cc1NS(=O)(=O)c1cccs1. The third kappa shape index (κ3) is 4.57. The Labute approximate surface area is 190 Å². The third-order valence-electron chi connectivity index (χ3n) is 4.24. The van der Waals surface area contributed by atoms with Crippen LogP contribution in [0.25, 0.3) is 11.0 Å². The van der Waals surface area contributed by atoms with Gasteiger partial charge in [-0.1, -0.05) is 24.3 Å². The zero-order chi connectivity index (χ0) is 23.8. The molecule has 4 rings (SSSR count). The van der Waals surface area contributed by atoms with E-state index in [0.717, 1.165) is 29.5 Å². The number of non-ortho nitro benzene ring substituents is 1. The Bertz CT molecular complexity index is 1640. The minimum absolute atomic E-state index is 0.0119. The highest BCUT2D eigenvalue weighted by atomic mass is 32.2. The van der Waals surface area contributed by atoms with Crippen LogP contribution in [0.3, 0.4) is 0 Å². The summed E-state index contributed by atoms with van der Waals surface area (Å²) in [5.41, 5.74) is -2.16. The minimum Gasteiger partial charge on any atom is -0.417 e. The van der Waals surface area contributed by atoms with Crippen molar-refractivity contribution in [1.82, 2.24) is 0 Å². The van der Waals surface area contributed by atoms with Gasteiger partial charge in [-0.15, -0.1) is 11.3 Å². The molecular weight excluding hydrogens is 496 g/mol. The lowest BCUT2D eigenvalue weighted by molar-refractivity contribution is -0.385. The summed E-state index contributed by atoms with van der Waals surface area (Å²) in [6.07, 6.45) is 0. The molecule has 0 fully saturated rings. The van der Waals surface area contributed by atoms with E-state index in [2.05, 4.69) is 4.72 Å². The van der Waals surface area contributed by atoms with Crippen LogP contribution < -0.4 is 14.5 Å². The van der Waals surface area contributed by atoms with Crippen molar-refractivity contribution < 1.29 is 30.4 Å². The molecule has 0 saturated heterocycles. The van der Waals surface area contributed by atoms with E-state index in [1.807, 2.05) is 0 Å². The first-order valence-electron chi connectivity index (χ1n) is 8.89. The number of nitro groups is 1. The smallest absolute Gasteiger partial charge is 0.360 e. The molecule has 0 atom stereocenters. The summed E-state index contributed by atoms with van der Waals surface area (Å²) < 4.78 is 62.4. The number of nitro benzene ring substituents is 1. The predicted molar refractivity (Wildman–Crippen MR) is 119 cm³/mol. The van der Waals surface area contributed by atoms with Gasteiger partial charge in [0.15, 0.2) is 11.3 Å². The molecule has 0 aliphatic rings. The Morgan fingerprint density at radius 1 is 1.00 bits per heavy atom. The molecule has 0 bridgehead atoms. The van der Waals surface area contributed by atoms with Gasteiger partial charge in [0.2, 0.25) is 0 Å². The van der Waals surface area contributed by atoms with Crippen molar-refractivity contribution in [2.75, 3.05) is 4.72 Å². The number of nitrogens with zero attached hydrogens (tertiary/aromatic N) is 1. The molecule has 0 radical (unpaired) electrons. The second kappa shape index (κ2) is 8.31. The number of nitrogens with one attached hydrogen (secondary N) is 1. The highest BCUT2D eigenvalue weighted by Crippen LogP contribution is 2.30. The van der Waals surface area contributed by atoms with Gasteiger partial charge in [0.05, 0.1) is 4.92 Å². The molecular formula is C19H12N2O9S3. The largest absolute Gasteiger partial charge is 0.417 e. The van der Waals surface area contributed by atoms with Gasteiger partial charge in [0.1, 0.15) is 14.8 Å². The average molecular weight is 509 g/mol. The van der Waals surface area contributed by atoms with Crippen molar-refractivity contribution in [3.8, 4) is 5.75 Å². The Kier molecular flexibility index (Phi) is 5.65. The molecule has 2 heterocycles. The van der Waals surface area contributed by atoms with E-state index in [-0.39, 0.29) is 26.6 Å². The molecule has 1 N–H and O–H groups in total. The summed E-state index contributed by atoms with van der Waals surface area (Å²) in [6, 6.07) is 12.4. The summed E-state index contributed by atoms with van der Waals surface area (Å²) in [5.74, 6) is -0.358. The van der Waals surface area contributed by atoms with Gasteiger partial charge < -0.3 is 8.60 Å². The van der Waals surface area contributed by atoms with Crippen LogP contribution in [-0.2, 0) is 20.1 Å². The van der Waals surface area contributed by atoms with E-state index in [9.17, 15) is 31.7 Å². The van der Waals surface area contributed by atoms with Gasteiger partial charge in [0.25, 0.3) is 15.7 Å². The first-order chi connectivity index (χ1) is 15.6. The van der Waals surface area contributed by atoms with E-state index in [4.69, 9.17) is 8.60 Å². The maximum Gasteiger partial charge on any atom is 0.360 e. The van der Waals surface area contributed by atoms with Crippen LogP contribution in [0.2, 0.25) is 0 Å². The summed E-state index contributed by atoms with van der Waals surface area (Å²) in [5, 5.41) is 12.7. The highest BCUT2D eigenvalue weighted by Gasteiger charge is 2.23. The second-order valence-corrected chi connectivity index (χ2v) is 10.9. The number of hydrogen-bond acceptors (Lipinski definition) is 10. The van der Waals surface area contributed by atoms with Crippen LogP contribution in [0.1, 0.15) is 0 Å². The fourth-order valence-corrected chi connectivity index (χ4v) is 5.80. The van der Waals surface area contributed by atoms with Crippen LogP contribution in [-0.4, -0.2) is 21.8 Å². The lowest BCUT2D eigenvalue weighted by atomic mass is 10.2. The number of fused-ring (bicyclic) bond motifs is 1. The van der Waals surface area contributed by atoms with Gasteiger partial charge >= 0.3 is 15.7 Å². The van der Waals surface area contributed by atoms with Crippen molar-refractivity contribution in [3.63, 3.8) is 0 Å². The Hall–Kier alpha value is -3.75. The maximum absolute atomic E-state index is 12.6. The van der Waals surface area contributed by atoms with Gasteiger partial charge in [0, 0.05) is 17.5 Å². The molecule has 2 aromatic heterocycles. The normalized spacial score (nSPS) is 11.9. The minimum atomic E-state index is -4.52. The first kappa shape index (κ1) is 22.4. The number of hydrogen-bond donors (Lipinski definition) is 1. The summed E-state index contributed by atoms with van der Waals surface area (Å²) in [7, 11) is -8.54. The molecule has 2 aromatic carbocycles. The zero-order valence-electron chi connectivity index (χ0n) is 16.2. The molecule has 0 unspecified atom stereocenters. The van der Waals surface area contributed by atoms with Gasteiger partial charge in [-0.25, -0.2) is 13.2 Å².